The summed E-state index contributed by atoms with van der Waals surface area (Å²) in [6.45, 7) is 7.10. The van der Waals surface area contributed by atoms with Crippen molar-refractivity contribution in [3.05, 3.63) is 89.9 Å². The predicted octanol–water partition coefficient (Wildman–Crippen LogP) is 4.42. The first-order chi connectivity index (χ1) is 15.2. The number of benzene rings is 2. The second-order valence-electron chi connectivity index (χ2n) is 7.94. The van der Waals surface area contributed by atoms with E-state index in [0.29, 0.717) is 12.4 Å². The molecule has 0 spiro atoms. The zero-order chi connectivity index (χ0) is 21.5. The third-order valence-electron chi connectivity index (χ3n) is 6.09. The summed E-state index contributed by atoms with van der Waals surface area (Å²) in [5, 5.41) is 12.0. The normalized spacial score (nSPS) is 17.7. The molecule has 0 radical (unpaired) electrons. The molecule has 2 atom stereocenters. The van der Waals surface area contributed by atoms with Gasteiger partial charge in [0, 0.05) is 25.6 Å². The largest absolute Gasteiger partial charge is 0.492 e. The van der Waals surface area contributed by atoms with Crippen LogP contribution in [0.1, 0.15) is 36.1 Å². The molecule has 1 aliphatic rings. The van der Waals surface area contributed by atoms with E-state index >= 15 is 0 Å². The fraction of sp³-hybridized carbons (Fsp3) is 0.385. The number of furan rings is 1. The van der Waals surface area contributed by atoms with Gasteiger partial charge in [-0.3, -0.25) is 4.90 Å². The molecule has 0 saturated carbocycles. The Labute approximate surface area is 184 Å². The molecule has 4 rings (SSSR count). The molecule has 0 aliphatic carbocycles. The summed E-state index contributed by atoms with van der Waals surface area (Å²) in [4.78, 5) is 2.35. The summed E-state index contributed by atoms with van der Waals surface area (Å²) in [7, 11) is 0. The minimum Gasteiger partial charge on any atom is -0.492 e. The van der Waals surface area contributed by atoms with Gasteiger partial charge in [-0.25, -0.2) is 0 Å². The average molecular weight is 422 g/mol. The third-order valence-corrected chi connectivity index (χ3v) is 6.09. The lowest BCUT2D eigenvalue weighted by Crippen LogP contribution is -2.38. The molecule has 0 bridgehead atoms. The van der Waals surface area contributed by atoms with Gasteiger partial charge in [-0.05, 0) is 41.8 Å². The molecular weight excluding hydrogens is 390 g/mol. The Balaban J connectivity index is 1.53. The summed E-state index contributed by atoms with van der Waals surface area (Å²) < 4.78 is 17.1. The zero-order valence-corrected chi connectivity index (χ0v) is 18.1. The van der Waals surface area contributed by atoms with Crippen molar-refractivity contribution in [2.45, 2.75) is 24.9 Å². The Bertz CT molecular complexity index is 904. The first-order valence-corrected chi connectivity index (χ1v) is 11.1. The molecule has 3 aromatic rings. The van der Waals surface area contributed by atoms with Crippen molar-refractivity contribution in [3.8, 4) is 5.75 Å². The molecule has 2 aromatic carbocycles. The van der Waals surface area contributed by atoms with Gasteiger partial charge in [0.1, 0.15) is 18.1 Å². The van der Waals surface area contributed by atoms with Gasteiger partial charge in [0.15, 0.2) is 5.60 Å². The van der Waals surface area contributed by atoms with E-state index in [2.05, 4.69) is 24.0 Å². The highest BCUT2D eigenvalue weighted by Crippen LogP contribution is 2.44. The fourth-order valence-corrected chi connectivity index (χ4v) is 4.39. The minimum absolute atomic E-state index is 0.145. The van der Waals surface area contributed by atoms with Gasteiger partial charge in [0.05, 0.1) is 19.5 Å². The van der Waals surface area contributed by atoms with Crippen molar-refractivity contribution in [2.24, 2.45) is 0 Å². The third kappa shape index (κ3) is 4.85. The van der Waals surface area contributed by atoms with E-state index in [-0.39, 0.29) is 5.92 Å². The van der Waals surface area contributed by atoms with Crippen LogP contribution in [0.4, 0.5) is 0 Å². The maximum Gasteiger partial charge on any atom is 0.154 e. The molecule has 2 heterocycles. The van der Waals surface area contributed by atoms with E-state index in [1.54, 1.807) is 6.26 Å². The molecule has 1 aliphatic heterocycles. The Kier molecular flexibility index (Phi) is 7.07. The van der Waals surface area contributed by atoms with Gasteiger partial charge in [0.2, 0.25) is 0 Å². The maximum absolute atomic E-state index is 12.0. The number of aliphatic hydroxyl groups is 1. The fourth-order valence-electron chi connectivity index (χ4n) is 4.39. The molecule has 5 heteroatoms. The maximum atomic E-state index is 12.0. The van der Waals surface area contributed by atoms with E-state index in [0.717, 1.165) is 56.1 Å². The van der Waals surface area contributed by atoms with Crippen molar-refractivity contribution in [1.29, 1.82) is 0 Å². The Morgan fingerprint density at radius 1 is 1.00 bits per heavy atom. The molecule has 2 unspecified atom stereocenters. The van der Waals surface area contributed by atoms with Crippen LogP contribution in [-0.4, -0.2) is 49.5 Å². The van der Waals surface area contributed by atoms with Gasteiger partial charge in [0.25, 0.3) is 0 Å². The first-order valence-electron chi connectivity index (χ1n) is 11.1. The van der Waals surface area contributed by atoms with E-state index in [1.807, 2.05) is 54.6 Å². The quantitative estimate of drug-likeness (QED) is 0.554. The lowest BCUT2D eigenvalue weighted by molar-refractivity contribution is 0.0258. The summed E-state index contributed by atoms with van der Waals surface area (Å²) in [5.74, 6) is 1.20. The van der Waals surface area contributed by atoms with Crippen molar-refractivity contribution < 1.29 is 19.0 Å². The molecule has 164 valence electrons. The van der Waals surface area contributed by atoms with Crippen LogP contribution in [0.15, 0.2) is 77.4 Å². The highest BCUT2D eigenvalue weighted by atomic mass is 16.5. The van der Waals surface area contributed by atoms with Gasteiger partial charge in [-0.2, -0.15) is 0 Å². The van der Waals surface area contributed by atoms with Crippen molar-refractivity contribution in [2.75, 3.05) is 39.5 Å². The van der Waals surface area contributed by atoms with Gasteiger partial charge >= 0.3 is 0 Å². The zero-order valence-electron chi connectivity index (χ0n) is 18.1. The van der Waals surface area contributed by atoms with E-state index in [4.69, 9.17) is 13.9 Å². The van der Waals surface area contributed by atoms with Crippen LogP contribution in [0, 0.1) is 0 Å². The smallest absolute Gasteiger partial charge is 0.154 e. The minimum atomic E-state index is -1.27. The Hall–Kier alpha value is -2.60. The SMILES string of the molecule is CCC(c1ccccc1)C(O)(c1ccc(OCCN2CCOCC2)cc1)c1ccco1. The van der Waals surface area contributed by atoms with Crippen LogP contribution in [-0.2, 0) is 10.3 Å². The van der Waals surface area contributed by atoms with Crippen molar-refractivity contribution in [3.63, 3.8) is 0 Å². The number of hydrogen-bond donors (Lipinski definition) is 1. The topological polar surface area (TPSA) is 55.1 Å². The van der Waals surface area contributed by atoms with E-state index in [1.165, 1.54) is 0 Å². The molecule has 5 nitrogen and oxygen atoms in total. The molecule has 1 saturated heterocycles. The highest BCUT2D eigenvalue weighted by molar-refractivity contribution is 5.40. The summed E-state index contributed by atoms with van der Waals surface area (Å²) in [6, 6.07) is 21.5. The van der Waals surface area contributed by atoms with Crippen LogP contribution in [0.5, 0.6) is 5.75 Å². The average Bonchev–Trinajstić information content (AvgIpc) is 3.37. The monoisotopic (exact) mass is 421 g/mol. The molecule has 1 fully saturated rings. The van der Waals surface area contributed by atoms with Crippen molar-refractivity contribution in [1.82, 2.24) is 4.90 Å². The van der Waals surface area contributed by atoms with Gasteiger partial charge in [-0.1, -0.05) is 49.4 Å². The van der Waals surface area contributed by atoms with Crippen LogP contribution in [0.25, 0.3) is 0 Å². The van der Waals surface area contributed by atoms with Crippen molar-refractivity contribution >= 4 is 0 Å². The van der Waals surface area contributed by atoms with E-state index in [9.17, 15) is 5.11 Å². The van der Waals surface area contributed by atoms with Gasteiger partial charge < -0.3 is 19.0 Å². The molecule has 1 aromatic heterocycles. The summed E-state index contributed by atoms with van der Waals surface area (Å²) in [5.41, 5.74) is 0.597. The number of rotatable bonds is 9. The van der Waals surface area contributed by atoms with E-state index < -0.39 is 5.60 Å². The second kappa shape index (κ2) is 10.1. The predicted molar refractivity (Wildman–Crippen MR) is 120 cm³/mol. The van der Waals surface area contributed by atoms with Crippen LogP contribution in [0.3, 0.4) is 0 Å². The molecule has 31 heavy (non-hydrogen) atoms. The number of morpholine rings is 1. The summed E-state index contributed by atoms with van der Waals surface area (Å²) in [6.07, 6.45) is 2.38. The Morgan fingerprint density at radius 2 is 1.74 bits per heavy atom. The van der Waals surface area contributed by atoms with Crippen LogP contribution < -0.4 is 4.74 Å². The highest BCUT2D eigenvalue weighted by Gasteiger charge is 2.42. The standard InChI is InChI=1S/C26H31NO4/c1-2-24(21-7-4-3-5-8-21)26(28,25-9-6-17-31-25)22-10-12-23(13-11-22)30-20-16-27-14-18-29-19-15-27/h3-13,17,24,28H,2,14-16,18-20H2,1H3. The molecule has 0 amide bonds. The number of nitrogens with zero attached hydrogens (tertiary/aromatic N) is 1. The molecule has 1 N–H and O–H groups in total. The molecular formula is C26H31NO4. The second-order valence-corrected chi connectivity index (χ2v) is 7.94. The summed E-state index contributed by atoms with van der Waals surface area (Å²) >= 11 is 0. The van der Waals surface area contributed by atoms with Crippen LogP contribution >= 0.6 is 0 Å². The number of ether oxygens (including phenoxy) is 2. The van der Waals surface area contributed by atoms with Crippen LogP contribution in [0.2, 0.25) is 0 Å². The number of hydrogen-bond acceptors (Lipinski definition) is 5. The first kappa shape index (κ1) is 21.6. The van der Waals surface area contributed by atoms with Gasteiger partial charge in [-0.15, -0.1) is 0 Å². The lowest BCUT2D eigenvalue weighted by Gasteiger charge is -2.35. The lowest BCUT2D eigenvalue weighted by atomic mass is 9.74. The Morgan fingerprint density at radius 3 is 2.39 bits per heavy atom.